The molecule has 0 bridgehead atoms. The largest absolute Gasteiger partial charge is 0.317 e. The molecular formula is C19H29NO3S. The minimum absolute atomic E-state index is 0.186. The normalized spacial score (nSPS) is 16.7. The van der Waals surface area contributed by atoms with Gasteiger partial charge in [0.15, 0.2) is 0 Å². The maximum Gasteiger partial charge on any atom is 0.317 e. The summed E-state index contributed by atoms with van der Waals surface area (Å²) in [5.41, 5.74) is 6.07. The fraction of sp³-hybridized carbons (Fsp3) is 0.579. The second-order valence-electron chi connectivity index (χ2n) is 6.51. The molecule has 0 aliphatic heterocycles. The van der Waals surface area contributed by atoms with Crippen LogP contribution in [-0.4, -0.2) is 8.42 Å². The van der Waals surface area contributed by atoms with Crippen molar-refractivity contribution < 1.29 is 12.7 Å². The quantitative estimate of drug-likeness (QED) is 0.699. The van der Waals surface area contributed by atoms with Crippen LogP contribution < -0.4 is 5.48 Å². The zero-order chi connectivity index (χ0) is 17.6. The molecule has 5 heteroatoms. The molecule has 24 heavy (non-hydrogen) atoms. The van der Waals surface area contributed by atoms with E-state index in [4.69, 9.17) is 4.28 Å². The van der Waals surface area contributed by atoms with Gasteiger partial charge in [-0.05, 0) is 67.7 Å². The number of hydrogen-bond acceptors (Lipinski definition) is 4. The van der Waals surface area contributed by atoms with Crippen LogP contribution in [0.15, 0.2) is 40.4 Å². The summed E-state index contributed by atoms with van der Waals surface area (Å²) in [6.07, 6.45) is 7.43. The molecule has 1 aromatic carbocycles. The van der Waals surface area contributed by atoms with Crippen molar-refractivity contribution in [3.8, 4) is 0 Å². The molecule has 1 atom stereocenters. The molecule has 1 unspecified atom stereocenters. The predicted octanol–water partition coefficient (Wildman–Crippen LogP) is 5.04. The van der Waals surface area contributed by atoms with Crippen LogP contribution in [0.3, 0.4) is 0 Å². The van der Waals surface area contributed by atoms with E-state index < -0.39 is 10.1 Å². The Bertz CT molecular complexity index is 654. The van der Waals surface area contributed by atoms with Crippen molar-refractivity contribution in [2.24, 2.45) is 0 Å². The lowest BCUT2D eigenvalue weighted by molar-refractivity contribution is 0.230. The van der Waals surface area contributed by atoms with E-state index in [-0.39, 0.29) is 4.90 Å². The first-order chi connectivity index (χ1) is 11.5. The van der Waals surface area contributed by atoms with Gasteiger partial charge >= 0.3 is 10.1 Å². The number of hydrogen-bond donors (Lipinski definition) is 1. The fourth-order valence-corrected chi connectivity index (χ4v) is 3.80. The Balaban J connectivity index is 2.07. The van der Waals surface area contributed by atoms with Crippen LogP contribution in [0.25, 0.3) is 0 Å². The van der Waals surface area contributed by atoms with Gasteiger partial charge in [0.25, 0.3) is 0 Å². The zero-order valence-corrected chi connectivity index (χ0v) is 15.8. The Morgan fingerprint density at radius 2 is 1.75 bits per heavy atom. The van der Waals surface area contributed by atoms with Crippen molar-refractivity contribution in [3.05, 3.63) is 41.1 Å². The molecule has 0 spiro atoms. The summed E-state index contributed by atoms with van der Waals surface area (Å²) in [7, 11) is -3.80. The van der Waals surface area contributed by atoms with Gasteiger partial charge in [-0.15, -0.1) is 4.28 Å². The van der Waals surface area contributed by atoms with Crippen LogP contribution in [0.4, 0.5) is 0 Å². The van der Waals surface area contributed by atoms with E-state index in [0.717, 1.165) is 36.9 Å². The molecular weight excluding hydrogens is 322 g/mol. The number of benzene rings is 1. The molecule has 1 N–H and O–H groups in total. The van der Waals surface area contributed by atoms with Crippen molar-refractivity contribution in [3.63, 3.8) is 0 Å². The van der Waals surface area contributed by atoms with Gasteiger partial charge in [-0.3, -0.25) is 5.48 Å². The van der Waals surface area contributed by atoms with Crippen LogP contribution in [-0.2, 0) is 14.4 Å². The number of hydroxylamine groups is 1. The Hall–Kier alpha value is -1.33. The van der Waals surface area contributed by atoms with Gasteiger partial charge in [-0.1, -0.05) is 39.3 Å². The van der Waals surface area contributed by atoms with E-state index >= 15 is 0 Å². The SMILES string of the molecule is CCC(NOS(=O)(=O)c1ccc(C(C)CC)cc1)=C1CCCCC1. The van der Waals surface area contributed by atoms with E-state index in [1.807, 2.05) is 19.1 Å². The van der Waals surface area contributed by atoms with Crippen LogP contribution in [0.5, 0.6) is 0 Å². The van der Waals surface area contributed by atoms with Crippen LogP contribution in [0, 0.1) is 0 Å². The Morgan fingerprint density at radius 3 is 2.29 bits per heavy atom. The molecule has 134 valence electrons. The minimum Gasteiger partial charge on any atom is -0.253 e. The Kier molecular flexibility index (Phi) is 6.87. The third kappa shape index (κ3) is 4.84. The first-order valence-electron chi connectivity index (χ1n) is 8.98. The Labute approximate surface area is 146 Å². The first-order valence-corrected chi connectivity index (χ1v) is 10.4. The van der Waals surface area contributed by atoms with E-state index in [2.05, 4.69) is 19.3 Å². The summed E-state index contributed by atoms with van der Waals surface area (Å²) >= 11 is 0. The summed E-state index contributed by atoms with van der Waals surface area (Å²) < 4.78 is 29.9. The maximum absolute atomic E-state index is 12.4. The van der Waals surface area contributed by atoms with Gasteiger partial charge in [-0.25, -0.2) is 0 Å². The lowest BCUT2D eigenvalue weighted by Gasteiger charge is -2.19. The molecule has 1 aliphatic carbocycles. The van der Waals surface area contributed by atoms with Crippen molar-refractivity contribution >= 4 is 10.1 Å². The highest BCUT2D eigenvalue weighted by Crippen LogP contribution is 2.26. The average Bonchev–Trinajstić information content (AvgIpc) is 2.62. The summed E-state index contributed by atoms with van der Waals surface area (Å²) in [5.74, 6) is 0.420. The third-order valence-electron chi connectivity index (χ3n) is 4.86. The van der Waals surface area contributed by atoms with E-state index in [9.17, 15) is 8.42 Å². The second kappa shape index (κ2) is 8.67. The number of nitrogens with one attached hydrogen (secondary N) is 1. The highest BCUT2D eigenvalue weighted by molar-refractivity contribution is 7.86. The molecule has 1 aromatic rings. The summed E-state index contributed by atoms with van der Waals surface area (Å²) in [6, 6.07) is 6.98. The third-order valence-corrected chi connectivity index (χ3v) is 6.01. The van der Waals surface area contributed by atoms with E-state index in [1.54, 1.807) is 12.1 Å². The first kappa shape index (κ1) is 19.0. The monoisotopic (exact) mass is 351 g/mol. The molecule has 1 saturated carbocycles. The molecule has 1 aliphatic rings. The molecule has 2 rings (SSSR count). The van der Waals surface area contributed by atoms with Crippen LogP contribution in [0.1, 0.15) is 77.2 Å². The minimum atomic E-state index is -3.80. The van der Waals surface area contributed by atoms with Gasteiger partial charge in [0.2, 0.25) is 0 Å². The average molecular weight is 352 g/mol. The van der Waals surface area contributed by atoms with E-state index in [0.29, 0.717) is 5.92 Å². The van der Waals surface area contributed by atoms with Crippen molar-refractivity contribution in [2.45, 2.75) is 76.5 Å². The lowest BCUT2D eigenvalue weighted by atomic mass is 9.93. The van der Waals surface area contributed by atoms with Gasteiger partial charge < -0.3 is 0 Å². The summed E-state index contributed by atoms with van der Waals surface area (Å²) in [4.78, 5) is 0.186. The van der Waals surface area contributed by atoms with Gasteiger partial charge in [0.1, 0.15) is 0 Å². The number of rotatable bonds is 7. The highest BCUT2D eigenvalue weighted by Gasteiger charge is 2.18. The molecule has 0 aromatic heterocycles. The topological polar surface area (TPSA) is 55.4 Å². The molecule has 0 radical (unpaired) electrons. The number of allylic oxidation sites excluding steroid dienone is 2. The van der Waals surface area contributed by atoms with Crippen LogP contribution >= 0.6 is 0 Å². The highest BCUT2D eigenvalue weighted by atomic mass is 32.2. The second-order valence-corrected chi connectivity index (χ2v) is 8.06. The van der Waals surface area contributed by atoms with Gasteiger partial charge in [0, 0.05) is 5.70 Å². The summed E-state index contributed by atoms with van der Waals surface area (Å²) in [5, 5.41) is 0. The molecule has 0 saturated heterocycles. The Morgan fingerprint density at radius 1 is 1.12 bits per heavy atom. The maximum atomic E-state index is 12.4. The zero-order valence-electron chi connectivity index (χ0n) is 15.0. The van der Waals surface area contributed by atoms with Crippen molar-refractivity contribution in [1.29, 1.82) is 0 Å². The lowest BCUT2D eigenvalue weighted by Crippen LogP contribution is -2.21. The van der Waals surface area contributed by atoms with Crippen molar-refractivity contribution in [2.75, 3.05) is 0 Å². The fourth-order valence-electron chi connectivity index (χ4n) is 3.03. The smallest absolute Gasteiger partial charge is 0.253 e. The molecule has 1 fully saturated rings. The van der Waals surface area contributed by atoms with Gasteiger partial charge in [0.05, 0.1) is 4.90 Å². The van der Waals surface area contributed by atoms with E-state index in [1.165, 1.54) is 24.8 Å². The molecule has 4 nitrogen and oxygen atoms in total. The standard InChI is InChI=1S/C19H29NO3S/c1-4-15(3)16-11-13-18(14-12-16)24(21,22)23-20-19(5-2)17-9-7-6-8-10-17/h11-15,20H,4-10H2,1-3H3. The van der Waals surface area contributed by atoms with Crippen LogP contribution in [0.2, 0.25) is 0 Å². The summed E-state index contributed by atoms with van der Waals surface area (Å²) in [6.45, 7) is 6.26. The molecule has 0 heterocycles. The molecule has 0 amide bonds. The van der Waals surface area contributed by atoms with Crippen molar-refractivity contribution in [1.82, 2.24) is 5.48 Å². The van der Waals surface area contributed by atoms with Gasteiger partial charge in [-0.2, -0.15) is 8.42 Å². The predicted molar refractivity (Wildman–Crippen MR) is 97.0 cm³/mol.